The lowest BCUT2D eigenvalue weighted by atomic mass is 10.2. The number of sulfonamides is 1. The summed E-state index contributed by atoms with van der Waals surface area (Å²) < 4.78 is 27.8. The average molecular weight is 446 g/mol. The molecule has 2 aromatic carbocycles. The highest BCUT2D eigenvalue weighted by Crippen LogP contribution is 2.26. The van der Waals surface area contributed by atoms with Gasteiger partial charge in [-0.3, -0.25) is 4.79 Å². The van der Waals surface area contributed by atoms with Gasteiger partial charge in [0.25, 0.3) is 5.91 Å². The van der Waals surface area contributed by atoms with Gasteiger partial charge in [0.1, 0.15) is 0 Å². The van der Waals surface area contributed by atoms with E-state index in [1.54, 1.807) is 24.3 Å². The topological polar surface area (TPSA) is 75.3 Å². The van der Waals surface area contributed by atoms with Crippen LogP contribution < -0.4 is 10.0 Å². The minimum atomic E-state index is -3.64. The standard InChI is InChI=1S/C17H18BrClN2O3S/c1-2-3-9-20-25(23,24)14-6-4-5-12(10-14)17(22)21-16-8-7-13(18)11-15(16)19/h4-8,10-11,20H,2-3,9H2,1H3,(H,21,22). The molecule has 2 aromatic rings. The first-order chi connectivity index (χ1) is 11.8. The molecule has 0 heterocycles. The zero-order chi connectivity index (χ0) is 18.4. The third-order valence-electron chi connectivity index (χ3n) is 3.41. The predicted molar refractivity (Wildman–Crippen MR) is 104 cm³/mol. The van der Waals surface area contributed by atoms with Crippen LogP contribution in [-0.4, -0.2) is 20.9 Å². The van der Waals surface area contributed by atoms with Crippen molar-refractivity contribution in [2.45, 2.75) is 24.7 Å². The van der Waals surface area contributed by atoms with Gasteiger partial charge in [-0.25, -0.2) is 13.1 Å². The summed E-state index contributed by atoms with van der Waals surface area (Å²) in [5.74, 6) is -0.435. The maximum atomic E-state index is 12.4. The summed E-state index contributed by atoms with van der Waals surface area (Å²) in [5.41, 5.74) is 0.682. The smallest absolute Gasteiger partial charge is 0.255 e. The molecule has 0 saturated carbocycles. The van der Waals surface area contributed by atoms with Crippen LogP contribution in [0.2, 0.25) is 5.02 Å². The molecule has 8 heteroatoms. The minimum Gasteiger partial charge on any atom is -0.321 e. The van der Waals surface area contributed by atoms with Gasteiger partial charge in [-0.05, 0) is 42.8 Å². The number of amides is 1. The van der Waals surface area contributed by atoms with E-state index >= 15 is 0 Å². The molecule has 2 N–H and O–H groups in total. The molecule has 134 valence electrons. The minimum absolute atomic E-state index is 0.0538. The fourth-order valence-corrected chi connectivity index (χ4v) is 3.90. The second-order valence-corrected chi connectivity index (χ2v) is 8.45. The molecule has 0 fully saturated rings. The van der Waals surface area contributed by atoms with Crippen LogP contribution in [0.25, 0.3) is 0 Å². The van der Waals surface area contributed by atoms with Crippen molar-refractivity contribution in [2.75, 3.05) is 11.9 Å². The molecule has 0 bridgehead atoms. The summed E-state index contributed by atoms with van der Waals surface area (Å²) in [6.45, 7) is 2.34. The Bertz CT molecular complexity index is 872. The third kappa shape index (κ3) is 5.54. The van der Waals surface area contributed by atoms with Crippen molar-refractivity contribution in [2.24, 2.45) is 0 Å². The van der Waals surface area contributed by atoms with Gasteiger partial charge >= 0.3 is 0 Å². The van der Waals surface area contributed by atoms with Crippen molar-refractivity contribution < 1.29 is 13.2 Å². The summed E-state index contributed by atoms with van der Waals surface area (Å²) in [6, 6.07) is 11.0. The van der Waals surface area contributed by atoms with E-state index in [4.69, 9.17) is 11.6 Å². The van der Waals surface area contributed by atoms with Crippen molar-refractivity contribution >= 4 is 49.1 Å². The molecule has 0 radical (unpaired) electrons. The number of nitrogens with one attached hydrogen (secondary N) is 2. The van der Waals surface area contributed by atoms with Gasteiger partial charge < -0.3 is 5.32 Å². The highest BCUT2D eigenvalue weighted by atomic mass is 79.9. The SMILES string of the molecule is CCCCNS(=O)(=O)c1cccc(C(=O)Nc2ccc(Br)cc2Cl)c1. The lowest BCUT2D eigenvalue weighted by Gasteiger charge is -2.10. The third-order valence-corrected chi connectivity index (χ3v) is 5.67. The van der Waals surface area contributed by atoms with Crippen molar-refractivity contribution in [3.8, 4) is 0 Å². The molecule has 0 aliphatic rings. The van der Waals surface area contributed by atoms with Gasteiger partial charge in [-0.2, -0.15) is 0 Å². The van der Waals surface area contributed by atoms with E-state index in [0.29, 0.717) is 17.3 Å². The lowest BCUT2D eigenvalue weighted by molar-refractivity contribution is 0.102. The number of carbonyl (C=O) groups is 1. The Morgan fingerprint density at radius 1 is 1.20 bits per heavy atom. The Balaban J connectivity index is 2.18. The van der Waals surface area contributed by atoms with Gasteiger partial charge in [-0.1, -0.05) is 46.9 Å². The van der Waals surface area contributed by atoms with E-state index in [1.165, 1.54) is 18.2 Å². The van der Waals surface area contributed by atoms with Crippen LogP contribution in [0.3, 0.4) is 0 Å². The number of hydrogen-bond donors (Lipinski definition) is 2. The summed E-state index contributed by atoms with van der Waals surface area (Å²) in [6.07, 6.45) is 1.64. The molecule has 0 aliphatic heterocycles. The Morgan fingerprint density at radius 2 is 1.96 bits per heavy atom. The fraction of sp³-hybridized carbons (Fsp3) is 0.235. The number of carbonyl (C=O) groups excluding carboxylic acids is 1. The monoisotopic (exact) mass is 444 g/mol. The van der Waals surface area contributed by atoms with E-state index in [-0.39, 0.29) is 10.5 Å². The summed E-state index contributed by atoms with van der Waals surface area (Å²) >= 11 is 9.38. The number of hydrogen-bond acceptors (Lipinski definition) is 3. The normalized spacial score (nSPS) is 11.3. The Morgan fingerprint density at radius 3 is 2.64 bits per heavy atom. The van der Waals surface area contributed by atoms with E-state index in [9.17, 15) is 13.2 Å². The van der Waals surface area contributed by atoms with Crippen LogP contribution in [-0.2, 0) is 10.0 Å². The van der Waals surface area contributed by atoms with E-state index in [1.807, 2.05) is 6.92 Å². The van der Waals surface area contributed by atoms with Crippen LogP contribution in [0.5, 0.6) is 0 Å². The molecule has 2 rings (SSSR count). The molecule has 25 heavy (non-hydrogen) atoms. The molecule has 0 unspecified atom stereocenters. The maximum absolute atomic E-state index is 12.4. The first kappa shape index (κ1) is 19.9. The number of benzene rings is 2. The van der Waals surface area contributed by atoms with Crippen LogP contribution in [0.15, 0.2) is 51.8 Å². The molecule has 5 nitrogen and oxygen atoms in total. The fourth-order valence-electron chi connectivity index (χ4n) is 2.06. The van der Waals surface area contributed by atoms with Gasteiger partial charge in [0.2, 0.25) is 10.0 Å². The zero-order valence-electron chi connectivity index (χ0n) is 13.6. The van der Waals surface area contributed by atoms with Gasteiger partial charge in [0.15, 0.2) is 0 Å². The Hall–Kier alpha value is -1.41. The zero-order valence-corrected chi connectivity index (χ0v) is 16.7. The largest absolute Gasteiger partial charge is 0.321 e. The number of halogens is 2. The second-order valence-electron chi connectivity index (χ2n) is 5.36. The number of anilines is 1. The molecule has 0 spiro atoms. The lowest BCUT2D eigenvalue weighted by Crippen LogP contribution is -2.25. The molecule has 0 atom stereocenters. The van der Waals surface area contributed by atoms with Gasteiger partial charge in [-0.15, -0.1) is 0 Å². The second kappa shape index (κ2) is 8.80. The van der Waals surface area contributed by atoms with Crippen LogP contribution in [0.1, 0.15) is 30.1 Å². The van der Waals surface area contributed by atoms with E-state index in [0.717, 1.165) is 17.3 Å². The number of rotatable bonds is 7. The highest BCUT2D eigenvalue weighted by molar-refractivity contribution is 9.10. The van der Waals surface area contributed by atoms with Crippen molar-refractivity contribution in [1.82, 2.24) is 4.72 Å². The first-order valence-corrected chi connectivity index (χ1v) is 10.3. The Kier molecular flexibility index (Phi) is 7.01. The Labute approximate surface area is 161 Å². The molecule has 1 amide bonds. The summed E-state index contributed by atoms with van der Waals surface area (Å²) in [5, 5.41) is 3.06. The average Bonchev–Trinajstić information content (AvgIpc) is 2.57. The van der Waals surface area contributed by atoms with Gasteiger partial charge in [0, 0.05) is 16.6 Å². The molecule has 0 saturated heterocycles. The predicted octanol–water partition coefficient (Wildman–Crippen LogP) is 4.43. The molecule has 0 aliphatic carbocycles. The summed E-state index contributed by atoms with van der Waals surface area (Å²) in [7, 11) is -3.64. The molecular weight excluding hydrogens is 428 g/mol. The van der Waals surface area contributed by atoms with Crippen LogP contribution in [0.4, 0.5) is 5.69 Å². The van der Waals surface area contributed by atoms with Crippen molar-refractivity contribution in [3.63, 3.8) is 0 Å². The van der Waals surface area contributed by atoms with Crippen molar-refractivity contribution in [1.29, 1.82) is 0 Å². The molecular formula is C17H18BrClN2O3S. The number of unbranched alkanes of at least 4 members (excludes halogenated alkanes) is 1. The van der Waals surface area contributed by atoms with E-state index < -0.39 is 15.9 Å². The quantitative estimate of drug-likeness (QED) is 0.619. The molecule has 0 aromatic heterocycles. The summed E-state index contributed by atoms with van der Waals surface area (Å²) in [4.78, 5) is 12.4. The van der Waals surface area contributed by atoms with E-state index in [2.05, 4.69) is 26.0 Å². The van der Waals surface area contributed by atoms with Gasteiger partial charge in [0.05, 0.1) is 15.6 Å². The van der Waals surface area contributed by atoms with Crippen LogP contribution in [0, 0.1) is 0 Å². The maximum Gasteiger partial charge on any atom is 0.255 e. The first-order valence-electron chi connectivity index (χ1n) is 7.69. The van der Waals surface area contributed by atoms with Crippen LogP contribution >= 0.6 is 27.5 Å². The van der Waals surface area contributed by atoms with Crippen molar-refractivity contribution in [3.05, 3.63) is 57.5 Å². The highest BCUT2D eigenvalue weighted by Gasteiger charge is 2.16.